The number of benzene rings is 2. The molecular formula is C25H28BrClN4O3. The van der Waals surface area contributed by atoms with E-state index in [4.69, 9.17) is 11.6 Å². The molecule has 3 rings (SSSR count). The van der Waals surface area contributed by atoms with Crippen molar-refractivity contribution in [2.75, 3.05) is 29.9 Å². The summed E-state index contributed by atoms with van der Waals surface area (Å²) in [5, 5.41) is 6.15. The molecule has 1 atom stereocenters. The van der Waals surface area contributed by atoms with Crippen LogP contribution in [0.3, 0.4) is 0 Å². The average molecular weight is 548 g/mol. The van der Waals surface area contributed by atoms with E-state index in [-0.39, 0.29) is 30.1 Å². The fraction of sp³-hybridized carbons (Fsp3) is 0.320. The van der Waals surface area contributed by atoms with Crippen LogP contribution < -0.4 is 15.5 Å². The van der Waals surface area contributed by atoms with Gasteiger partial charge in [-0.25, -0.2) is 0 Å². The Morgan fingerprint density at radius 2 is 1.82 bits per heavy atom. The van der Waals surface area contributed by atoms with Crippen molar-refractivity contribution in [2.45, 2.75) is 27.2 Å². The largest absolute Gasteiger partial charge is 0.352 e. The molecule has 0 aromatic heterocycles. The van der Waals surface area contributed by atoms with E-state index in [0.717, 1.165) is 10.2 Å². The molecule has 0 radical (unpaired) electrons. The highest BCUT2D eigenvalue weighted by Gasteiger charge is 2.31. The van der Waals surface area contributed by atoms with Gasteiger partial charge in [0.2, 0.25) is 5.91 Å². The van der Waals surface area contributed by atoms with Crippen molar-refractivity contribution in [3.8, 4) is 0 Å². The second-order valence-corrected chi connectivity index (χ2v) is 9.40. The summed E-state index contributed by atoms with van der Waals surface area (Å²) in [6.45, 7) is 11.4. The minimum atomic E-state index is -0.252. The molecule has 180 valence electrons. The molecule has 0 fully saturated rings. The van der Waals surface area contributed by atoms with Crippen LogP contribution in [0.2, 0.25) is 5.02 Å². The van der Waals surface area contributed by atoms with Gasteiger partial charge in [-0.2, -0.15) is 0 Å². The van der Waals surface area contributed by atoms with Crippen molar-refractivity contribution >= 4 is 56.6 Å². The summed E-state index contributed by atoms with van der Waals surface area (Å²) < 4.78 is 0.717. The zero-order valence-corrected chi connectivity index (χ0v) is 21.8. The summed E-state index contributed by atoms with van der Waals surface area (Å²) in [4.78, 5) is 41.5. The molecule has 2 aromatic carbocycles. The van der Waals surface area contributed by atoms with Gasteiger partial charge in [-0.15, -0.1) is 0 Å². The lowest BCUT2D eigenvalue weighted by Crippen LogP contribution is -2.44. The van der Waals surface area contributed by atoms with Gasteiger partial charge in [0.15, 0.2) is 0 Å². The predicted molar refractivity (Wildman–Crippen MR) is 139 cm³/mol. The third-order valence-corrected chi connectivity index (χ3v) is 6.86. The van der Waals surface area contributed by atoms with Crippen LogP contribution in [-0.2, 0) is 4.79 Å². The number of nitrogens with zero attached hydrogens (tertiary/aromatic N) is 2. The first-order chi connectivity index (χ1) is 16.2. The number of nitrogens with one attached hydrogen (secondary N) is 2. The predicted octanol–water partition coefficient (Wildman–Crippen LogP) is 5.27. The third kappa shape index (κ3) is 5.62. The molecule has 7 nitrogen and oxygen atoms in total. The summed E-state index contributed by atoms with van der Waals surface area (Å²) in [6, 6.07) is 10.3. The molecule has 0 bridgehead atoms. The lowest BCUT2D eigenvalue weighted by atomic mass is 10.0. The summed E-state index contributed by atoms with van der Waals surface area (Å²) in [7, 11) is 0. The zero-order valence-electron chi connectivity index (χ0n) is 19.5. The van der Waals surface area contributed by atoms with Crippen LogP contribution in [-0.4, -0.2) is 42.3 Å². The van der Waals surface area contributed by atoms with Gasteiger partial charge in [0.1, 0.15) is 5.82 Å². The first-order valence-electron chi connectivity index (χ1n) is 11.1. The maximum atomic E-state index is 12.9. The van der Waals surface area contributed by atoms with Crippen molar-refractivity contribution in [1.29, 1.82) is 0 Å². The average Bonchev–Trinajstić information content (AvgIpc) is 2.80. The minimum absolute atomic E-state index is 0.0939. The van der Waals surface area contributed by atoms with Crippen LogP contribution in [0.15, 0.2) is 53.3 Å². The van der Waals surface area contributed by atoms with Gasteiger partial charge in [-0.1, -0.05) is 25.1 Å². The Morgan fingerprint density at radius 3 is 2.47 bits per heavy atom. The van der Waals surface area contributed by atoms with Crippen molar-refractivity contribution in [1.82, 2.24) is 10.2 Å². The third-order valence-electron chi connectivity index (χ3n) is 5.63. The van der Waals surface area contributed by atoms with Gasteiger partial charge in [0, 0.05) is 41.8 Å². The molecule has 1 aliphatic heterocycles. The molecule has 0 aliphatic carbocycles. The summed E-state index contributed by atoms with van der Waals surface area (Å²) in [5.41, 5.74) is 2.32. The number of carbonyl (C=O) groups excluding carboxylic acids is 3. The van der Waals surface area contributed by atoms with Crippen LogP contribution in [0, 0.1) is 5.92 Å². The lowest BCUT2D eigenvalue weighted by Gasteiger charge is -2.38. The number of rotatable bonds is 8. The van der Waals surface area contributed by atoms with Crippen LogP contribution in [0.1, 0.15) is 47.9 Å². The molecule has 2 N–H and O–H groups in total. The molecule has 1 unspecified atom stereocenters. The number of hydrogen-bond donors (Lipinski definition) is 2. The maximum Gasteiger partial charge on any atom is 0.261 e. The van der Waals surface area contributed by atoms with E-state index < -0.39 is 0 Å². The number of halogens is 2. The van der Waals surface area contributed by atoms with E-state index in [1.165, 1.54) is 0 Å². The molecule has 9 heteroatoms. The van der Waals surface area contributed by atoms with Crippen molar-refractivity contribution < 1.29 is 14.4 Å². The van der Waals surface area contributed by atoms with Gasteiger partial charge in [0.25, 0.3) is 11.8 Å². The van der Waals surface area contributed by atoms with Gasteiger partial charge >= 0.3 is 0 Å². The monoisotopic (exact) mass is 546 g/mol. The fourth-order valence-corrected chi connectivity index (χ4v) is 4.28. The van der Waals surface area contributed by atoms with Crippen LogP contribution >= 0.6 is 27.5 Å². The highest BCUT2D eigenvalue weighted by molar-refractivity contribution is 9.10. The smallest absolute Gasteiger partial charge is 0.261 e. The summed E-state index contributed by atoms with van der Waals surface area (Å²) in [5.74, 6) is -0.0187. The Labute approximate surface area is 213 Å². The fourth-order valence-electron chi connectivity index (χ4n) is 3.85. The van der Waals surface area contributed by atoms with Crippen LogP contribution in [0.4, 0.5) is 11.4 Å². The van der Waals surface area contributed by atoms with Gasteiger partial charge in [-0.05, 0) is 72.1 Å². The van der Waals surface area contributed by atoms with Gasteiger partial charge in [-0.3, -0.25) is 19.3 Å². The topological polar surface area (TPSA) is 81.8 Å². The van der Waals surface area contributed by atoms with E-state index in [9.17, 15) is 14.4 Å². The van der Waals surface area contributed by atoms with Crippen LogP contribution in [0.5, 0.6) is 0 Å². The van der Waals surface area contributed by atoms with E-state index in [2.05, 4.69) is 33.1 Å². The number of hydrogen-bond acceptors (Lipinski definition) is 4. The van der Waals surface area contributed by atoms with Crippen molar-refractivity contribution in [3.05, 3.63) is 69.4 Å². The highest BCUT2D eigenvalue weighted by Crippen LogP contribution is 2.34. The first kappa shape index (κ1) is 25.8. The van der Waals surface area contributed by atoms with E-state index in [0.29, 0.717) is 47.3 Å². The standard InChI is InChI=1S/C25H28BrClN4O3/c1-5-30-16(4)31(6-2)25(34)19-13-18(8-10-22(19)30)29-23(32)11-15(3)14-28-24(33)17-7-9-20(26)21(27)12-17/h7-10,12-13,15H,4-6,11,14H2,1-3H3,(H,28,33)(H,29,32). The minimum Gasteiger partial charge on any atom is -0.352 e. The van der Waals surface area contributed by atoms with E-state index >= 15 is 0 Å². The normalized spacial score (nSPS) is 14.0. The zero-order chi connectivity index (χ0) is 25.0. The number of anilines is 2. The number of fused-ring (bicyclic) bond motifs is 1. The molecule has 3 amide bonds. The Bertz CT molecular complexity index is 1140. The van der Waals surface area contributed by atoms with Crippen molar-refractivity contribution in [3.63, 3.8) is 0 Å². The summed E-state index contributed by atoms with van der Waals surface area (Å²) in [6.07, 6.45) is 0.214. The number of amides is 3. The lowest BCUT2D eigenvalue weighted by molar-refractivity contribution is -0.116. The van der Waals surface area contributed by atoms with E-state index in [1.54, 1.807) is 35.2 Å². The molecule has 1 aliphatic rings. The SMILES string of the molecule is C=C1N(CC)C(=O)c2cc(NC(=O)CC(C)CNC(=O)c3ccc(Br)c(Cl)c3)ccc2N1CC. The van der Waals surface area contributed by atoms with Gasteiger partial charge < -0.3 is 15.5 Å². The maximum absolute atomic E-state index is 12.9. The Kier molecular flexibility index (Phi) is 8.38. The molecule has 0 saturated carbocycles. The highest BCUT2D eigenvalue weighted by atomic mass is 79.9. The molecule has 2 aromatic rings. The second-order valence-electron chi connectivity index (χ2n) is 8.14. The Hall–Kier alpha value is -2.84. The summed E-state index contributed by atoms with van der Waals surface area (Å²) >= 11 is 9.35. The molecule has 1 heterocycles. The Morgan fingerprint density at radius 1 is 1.12 bits per heavy atom. The van der Waals surface area contributed by atoms with E-state index in [1.807, 2.05) is 31.7 Å². The first-order valence-corrected chi connectivity index (χ1v) is 12.3. The van der Waals surface area contributed by atoms with Gasteiger partial charge in [0.05, 0.1) is 16.3 Å². The Balaban J connectivity index is 1.60. The quantitative estimate of drug-likeness (QED) is 0.472. The molecule has 0 saturated heterocycles. The number of carbonyl (C=O) groups is 3. The second kappa shape index (κ2) is 11.1. The molecule has 0 spiro atoms. The van der Waals surface area contributed by atoms with Crippen molar-refractivity contribution in [2.24, 2.45) is 5.92 Å². The molecular weight excluding hydrogens is 520 g/mol. The molecule has 34 heavy (non-hydrogen) atoms. The van der Waals surface area contributed by atoms with Crippen LogP contribution in [0.25, 0.3) is 0 Å².